The van der Waals surface area contributed by atoms with Gasteiger partial charge in [0.15, 0.2) is 5.82 Å². The minimum absolute atomic E-state index is 0.0270. The molecule has 1 fully saturated rings. The van der Waals surface area contributed by atoms with Crippen molar-refractivity contribution in [3.05, 3.63) is 41.6 Å². The summed E-state index contributed by atoms with van der Waals surface area (Å²) < 4.78 is 1.81. The quantitative estimate of drug-likeness (QED) is 0.890. The van der Waals surface area contributed by atoms with E-state index in [1.807, 2.05) is 48.9 Å². The van der Waals surface area contributed by atoms with E-state index in [9.17, 15) is 4.79 Å². The van der Waals surface area contributed by atoms with Crippen molar-refractivity contribution in [2.24, 2.45) is 0 Å². The first-order valence-electron chi connectivity index (χ1n) is 7.90. The van der Waals surface area contributed by atoms with Gasteiger partial charge in [0.2, 0.25) is 0 Å². The van der Waals surface area contributed by atoms with Gasteiger partial charge in [0.1, 0.15) is 0 Å². The Hall–Kier alpha value is -2.34. The summed E-state index contributed by atoms with van der Waals surface area (Å²) in [5.74, 6) is 0.525. The minimum atomic E-state index is -0.199. The molecule has 1 aromatic carbocycles. The van der Waals surface area contributed by atoms with Gasteiger partial charge in [-0.3, -0.25) is 5.32 Å². The molecule has 0 radical (unpaired) electrons. The summed E-state index contributed by atoms with van der Waals surface area (Å²) in [5, 5.41) is 16.4. The van der Waals surface area contributed by atoms with Crippen LogP contribution in [-0.4, -0.2) is 45.0 Å². The van der Waals surface area contributed by atoms with Crippen LogP contribution in [0.2, 0.25) is 0 Å². The zero-order valence-corrected chi connectivity index (χ0v) is 13.5. The number of amides is 2. The molecule has 1 aliphatic carbocycles. The smallest absolute Gasteiger partial charge is 0.323 e. The summed E-state index contributed by atoms with van der Waals surface area (Å²) in [6.07, 6.45) is 2.01. The number of benzene rings is 1. The van der Waals surface area contributed by atoms with Crippen LogP contribution in [0.5, 0.6) is 0 Å². The number of hydrogen-bond donors (Lipinski definition) is 2. The Bertz CT molecular complexity index is 689. The number of rotatable bonds is 5. The van der Waals surface area contributed by atoms with Gasteiger partial charge < -0.3 is 10.0 Å². The molecular formula is C17H22N4O2. The van der Waals surface area contributed by atoms with Crippen LogP contribution in [0.25, 0.3) is 5.69 Å². The number of aliphatic hydroxyl groups excluding tert-OH is 1. The Balaban J connectivity index is 1.75. The first kappa shape index (κ1) is 15.6. The second kappa shape index (κ2) is 6.42. The fourth-order valence-corrected chi connectivity index (χ4v) is 2.61. The molecule has 23 heavy (non-hydrogen) atoms. The van der Waals surface area contributed by atoms with Crippen LogP contribution in [0.15, 0.2) is 30.3 Å². The van der Waals surface area contributed by atoms with E-state index in [0.29, 0.717) is 12.4 Å². The lowest BCUT2D eigenvalue weighted by Crippen LogP contribution is -2.38. The standard InChI is InChI=1S/C17H22N4O2/c1-12-3-5-15(6-4-12)21-13(2)11-16(19-21)18-17(23)20(9-10-22)14-7-8-14/h3-6,11,14,22H,7-10H2,1-2H3,(H,18,19,23). The van der Waals surface area contributed by atoms with Gasteiger partial charge in [-0.25, -0.2) is 9.48 Å². The Morgan fingerprint density at radius 3 is 2.65 bits per heavy atom. The topological polar surface area (TPSA) is 70.4 Å². The number of carbonyl (C=O) groups excluding carboxylic acids is 1. The number of hydrogen-bond acceptors (Lipinski definition) is 3. The van der Waals surface area contributed by atoms with Gasteiger partial charge in [-0.2, -0.15) is 0 Å². The number of carbonyl (C=O) groups is 1. The Labute approximate surface area is 135 Å². The Morgan fingerprint density at radius 2 is 2.04 bits per heavy atom. The zero-order valence-electron chi connectivity index (χ0n) is 13.5. The summed E-state index contributed by atoms with van der Waals surface area (Å²) in [4.78, 5) is 14.0. The highest BCUT2D eigenvalue weighted by Gasteiger charge is 2.32. The fraction of sp³-hybridized carbons (Fsp3) is 0.412. The predicted octanol–water partition coefficient (Wildman–Crippen LogP) is 2.48. The van der Waals surface area contributed by atoms with Crippen molar-refractivity contribution >= 4 is 11.8 Å². The van der Waals surface area contributed by atoms with E-state index in [1.54, 1.807) is 4.90 Å². The van der Waals surface area contributed by atoms with E-state index in [2.05, 4.69) is 10.4 Å². The third-order valence-electron chi connectivity index (χ3n) is 3.99. The molecule has 2 aromatic rings. The van der Waals surface area contributed by atoms with Crippen molar-refractivity contribution in [1.82, 2.24) is 14.7 Å². The summed E-state index contributed by atoms with van der Waals surface area (Å²) in [6.45, 7) is 4.32. The number of aliphatic hydroxyl groups is 1. The highest BCUT2D eigenvalue weighted by atomic mass is 16.3. The summed E-state index contributed by atoms with van der Waals surface area (Å²) in [5.41, 5.74) is 3.10. The van der Waals surface area contributed by atoms with Crippen molar-refractivity contribution in [2.45, 2.75) is 32.7 Å². The molecule has 122 valence electrons. The number of nitrogens with one attached hydrogen (secondary N) is 1. The number of anilines is 1. The molecular weight excluding hydrogens is 292 g/mol. The van der Waals surface area contributed by atoms with Crippen LogP contribution in [0.3, 0.4) is 0 Å². The van der Waals surface area contributed by atoms with Gasteiger partial charge in [0.05, 0.1) is 12.3 Å². The van der Waals surface area contributed by atoms with Crippen LogP contribution < -0.4 is 5.32 Å². The first-order chi connectivity index (χ1) is 11.1. The highest BCUT2D eigenvalue weighted by Crippen LogP contribution is 2.27. The van der Waals surface area contributed by atoms with E-state index in [4.69, 9.17) is 5.11 Å². The molecule has 0 bridgehead atoms. The van der Waals surface area contributed by atoms with Crippen LogP contribution in [-0.2, 0) is 0 Å². The third kappa shape index (κ3) is 3.53. The van der Waals surface area contributed by atoms with Gasteiger partial charge in [-0.1, -0.05) is 17.7 Å². The lowest BCUT2D eigenvalue weighted by atomic mass is 10.2. The molecule has 0 aliphatic heterocycles. The lowest BCUT2D eigenvalue weighted by molar-refractivity contribution is 0.185. The maximum absolute atomic E-state index is 12.3. The van der Waals surface area contributed by atoms with Crippen molar-refractivity contribution in [2.75, 3.05) is 18.5 Å². The second-order valence-corrected chi connectivity index (χ2v) is 6.00. The number of nitrogens with zero attached hydrogens (tertiary/aromatic N) is 3. The summed E-state index contributed by atoms with van der Waals surface area (Å²) >= 11 is 0. The van der Waals surface area contributed by atoms with E-state index in [0.717, 1.165) is 24.2 Å². The molecule has 1 heterocycles. The van der Waals surface area contributed by atoms with Crippen molar-refractivity contribution in [3.8, 4) is 5.69 Å². The van der Waals surface area contributed by atoms with Gasteiger partial charge in [0.25, 0.3) is 0 Å². The minimum Gasteiger partial charge on any atom is -0.395 e. The molecule has 0 spiro atoms. The monoisotopic (exact) mass is 314 g/mol. The van der Waals surface area contributed by atoms with E-state index >= 15 is 0 Å². The van der Waals surface area contributed by atoms with Crippen LogP contribution in [0.1, 0.15) is 24.1 Å². The third-order valence-corrected chi connectivity index (χ3v) is 3.99. The van der Waals surface area contributed by atoms with Crippen molar-refractivity contribution in [1.29, 1.82) is 0 Å². The molecule has 6 nitrogen and oxygen atoms in total. The largest absolute Gasteiger partial charge is 0.395 e. The maximum atomic E-state index is 12.3. The van der Waals surface area contributed by atoms with E-state index in [-0.39, 0.29) is 18.7 Å². The van der Waals surface area contributed by atoms with Crippen molar-refractivity contribution in [3.63, 3.8) is 0 Å². The molecule has 6 heteroatoms. The normalized spacial score (nSPS) is 13.9. The molecule has 0 saturated heterocycles. The summed E-state index contributed by atoms with van der Waals surface area (Å²) in [7, 11) is 0. The average Bonchev–Trinajstić information content (AvgIpc) is 3.29. The lowest BCUT2D eigenvalue weighted by Gasteiger charge is -2.20. The molecule has 3 rings (SSSR count). The zero-order chi connectivity index (χ0) is 16.4. The Kier molecular flexibility index (Phi) is 4.34. The number of urea groups is 1. The SMILES string of the molecule is Cc1ccc(-n2nc(NC(=O)N(CCO)C3CC3)cc2C)cc1. The molecule has 2 N–H and O–H groups in total. The van der Waals surface area contributed by atoms with Crippen LogP contribution in [0, 0.1) is 13.8 Å². The van der Waals surface area contributed by atoms with Gasteiger partial charge in [-0.05, 0) is 38.8 Å². The summed E-state index contributed by atoms with van der Waals surface area (Å²) in [6, 6.07) is 9.97. The van der Waals surface area contributed by atoms with Crippen LogP contribution in [0.4, 0.5) is 10.6 Å². The first-order valence-corrected chi connectivity index (χ1v) is 7.90. The number of aromatic nitrogens is 2. The van der Waals surface area contributed by atoms with Gasteiger partial charge >= 0.3 is 6.03 Å². The Morgan fingerprint density at radius 1 is 1.35 bits per heavy atom. The molecule has 1 saturated carbocycles. The molecule has 1 aliphatic rings. The predicted molar refractivity (Wildman–Crippen MR) is 88.9 cm³/mol. The second-order valence-electron chi connectivity index (χ2n) is 6.00. The van der Waals surface area contributed by atoms with Crippen molar-refractivity contribution < 1.29 is 9.90 Å². The molecule has 0 unspecified atom stereocenters. The molecule has 0 atom stereocenters. The number of aryl methyl sites for hydroxylation is 2. The molecule has 1 aromatic heterocycles. The van der Waals surface area contributed by atoms with Gasteiger partial charge in [0, 0.05) is 24.3 Å². The van der Waals surface area contributed by atoms with E-state index in [1.165, 1.54) is 5.56 Å². The van der Waals surface area contributed by atoms with Gasteiger partial charge in [-0.15, -0.1) is 5.10 Å². The van der Waals surface area contributed by atoms with E-state index < -0.39 is 0 Å². The average molecular weight is 314 g/mol. The fourth-order valence-electron chi connectivity index (χ4n) is 2.61. The maximum Gasteiger partial charge on any atom is 0.323 e. The highest BCUT2D eigenvalue weighted by molar-refractivity contribution is 5.88. The molecule has 2 amide bonds. The van der Waals surface area contributed by atoms with Crippen LogP contribution >= 0.6 is 0 Å².